The summed E-state index contributed by atoms with van der Waals surface area (Å²) in [6.07, 6.45) is 6.86. The lowest BCUT2D eigenvalue weighted by molar-refractivity contribution is 0.0746. The van der Waals surface area contributed by atoms with Gasteiger partial charge in [0, 0.05) is 56.9 Å². The first-order valence-electron chi connectivity index (χ1n) is 9.61. The highest BCUT2D eigenvalue weighted by Crippen LogP contribution is 2.18. The Morgan fingerprint density at radius 1 is 1.14 bits per heavy atom. The Hall–Kier alpha value is -3.49. The van der Waals surface area contributed by atoms with E-state index in [1.807, 2.05) is 35.6 Å². The van der Waals surface area contributed by atoms with E-state index in [4.69, 9.17) is 4.74 Å². The Morgan fingerprint density at radius 2 is 1.93 bits per heavy atom. The van der Waals surface area contributed by atoms with Crippen LogP contribution in [0, 0.1) is 6.92 Å². The maximum Gasteiger partial charge on any atom is 0.255 e. The van der Waals surface area contributed by atoms with Crippen molar-refractivity contribution in [2.24, 2.45) is 0 Å². The lowest BCUT2D eigenvalue weighted by atomic mass is 10.2. The molecule has 9 heteroatoms. The first-order valence-corrected chi connectivity index (χ1v) is 9.61. The van der Waals surface area contributed by atoms with Crippen molar-refractivity contribution in [3.8, 4) is 11.7 Å². The van der Waals surface area contributed by atoms with E-state index in [0.29, 0.717) is 50.1 Å². The maximum atomic E-state index is 12.8. The summed E-state index contributed by atoms with van der Waals surface area (Å²) in [5.74, 6) is 2.85. The summed E-state index contributed by atoms with van der Waals surface area (Å²) in [6.45, 7) is 6.98. The number of anilines is 1. The molecule has 0 aliphatic carbocycles. The number of imidazole rings is 1. The van der Waals surface area contributed by atoms with Crippen LogP contribution in [0.1, 0.15) is 23.1 Å². The molecule has 3 aromatic rings. The lowest BCUT2D eigenvalue weighted by Crippen LogP contribution is -2.49. The van der Waals surface area contributed by atoms with E-state index >= 15 is 0 Å². The van der Waals surface area contributed by atoms with Gasteiger partial charge in [-0.2, -0.15) is 0 Å². The van der Waals surface area contributed by atoms with E-state index in [1.54, 1.807) is 30.9 Å². The molecule has 0 saturated carbocycles. The van der Waals surface area contributed by atoms with Crippen LogP contribution >= 0.6 is 0 Å². The van der Waals surface area contributed by atoms with Crippen LogP contribution in [0.2, 0.25) is 0 Å². The average Bonchev–Trinajstić information content (AvgIpc) is 3.29. The van der Waals surface area contributed by atoms with E-state index in [0.717, 1.165) is 11.6 Å². The van der Waals surface area contributed by atoms with Gasteiger partial charge in [-0.3, -0.25) is 9.36 Å². The quantitative estimate of drug-likeness (QED) is 0.652. The van der Waals surface area contributed by atoms with Crippen molar-refractivity contribution in [1.82, 2.24) is 29.4 Å². The Bertz CT molecular complexity index is 965. The molecule has 0 bridgehead atoms. The second-order valence-corrected chi connectivity index (χ2v) is 6.70. The number of carbonyl (C=O) groups is 1. The van der Waals surface area contributed by atoms with Gasteiger partial charge in [0.1, 0.15) is 23.8 Å². The maximum absolute atomic E-state index is 12.8. The van der Waals surface area contributed by atoms with Crippen molar-refractivity contribution in [3.05, 3.63) is 54.5 Å². The first kappa shape index (κ1) is 18.9. The van der Waals surface area contributed by atoms with E-state index in [9.17, 15) is 4.79 Å². The number of aromatic nitrogens is 5. The van der Waals surface area contributed by atoms with Crippen molar-refractivity contribution in [2.75, 3.05) is 37.7 Å². The number of rotatable bonds is 5. The molecule has 1 aliphatic rings. The van der Waals surface area contributed by atoms with Gasteiger partial charge in [-0.15, -0.1) is 0 Å². The highest BCUT2D eigenvalue weighted by molar-refractivity contribution is 5.94. The van der Waals surface area contributed by atoms with Crippen LogP contribution in [-0.2, 0) is 0 Å². The van der Waals surface area contributed by atoms with Crippen molar-refractivity contribution >= 4 is 11.7 Å². The molecule has 4 rings (SSSR count). The van der Waals surface area contributed by atoms with Gasteiger partial charge in [0.2, 0.25) is 5.88 Å². The molecule has 0 aromatic carbocycles. The summed E-state index contributed by atoms with van der Waals surface area (Å²) >= 11 is 0. The third kappa shape index (κ3) is 4.18. The third-order valence-corrected chi connectivity index (χ3v) is 4.75. The topological polar surface area (TPSA) is 89.3 Å². The van der Waals surface area contributed by atoms with E-state index < -0.39 is 0 Å². The van der Waals surface area contributed by atoms with Crippen LogP contribution < -0.4 is 9.64 Å². The number of aryl methyl sites for hydroxylation is 1. The number of piperazine rings is 1. The normalized spacial score (nSPS) is 14.1. The van der Waals surface area contributed by atoms with E-state index in [-0.39, 0.29) is 5.91 Å². The lowest BCUT2D eigenvalue weighted by Gasteiger charge is -2.35. The van der Waals surface area contributed by atoms with Crippen LogP contribution in [-0.4, -0.2) is 68.1 Å². The van der Waals surface area contributed by atoms with Crippen LogP contribution in [0.5, 0.6) is 5.88 Å². The molecule has 1 amide bonds. The van der Waals surface area contributed by atoms with Gasteiger partial charge < -0.3 is 14.5 Å². The van der Waals surface area contributed by atoms with Gasteiger partial charge in [0.05, 0.1) is 12.2 Å². The number of amides is 1. The number of nitrogens with zero attached hydrogens (tertiary/aromatic N) is 7. The molecular weight excluding hydrogens is 370 g/mol. The molecule has 150 valence electrons. The Morgan fingerprint density at radius 3 is 2.59 bits per heavy atom. The molecule has 29 heavy (non-hydrogen) atoms. The second kappa shape index (κ2) is 8.26. The molecule has 0 N–H and O–H groups in total. The van der Waals surface area contributed by atoms with Gasteiger partial charge >= 0.3 is 0 Å². The monoisotopic (exact) mass is 393 g/mol. The molecule has 3 aromatic heterocycles. The fourth-order valence-electron chi connectivity index (χ4n) is 3.29. The number of hydrogen-bond donors (Lipinski definition) is 0. The predicted octanol–water partition coefficient (Wildman–Crippen LogP) is 1.73. The predicted molar refractivity (Wildman–Crippen MR) is 107 cm³/mol. The van der Waals surface area contributed by atoms with E-state index in [2.05, 4.69) is 24.8 Å². The molecule has 4 heterocycles. The minimum atomic E-state index is -0.0156. The number of ether oxygens (including phenoxy) is 1. The standard InChI is InChI=1S/C20H23N7O2/c1-3-29-19-5-4-16(13-22-19)20(28)26-10-8-25(9-11-26)17-12-18(24-15(2)23-17)27-7-6-21-14-27/h4-7,12-14H,3,8-11H2,1-2H3. The highest BCUT2D eigenvalue weighted by atomic mass is 16.5. The Balaban J connectivity index is 1.42. The molecule has 1 fully saturated rings. The summed E-state index contributed by atoms with van der Waals surface area (Å²) in [4.78, 5) is 34.1. The molecular formula is C20H23N7O2. The molecule has 9 nitrogen and oxygen atoms in total. The average molecular weight is 393 g/mol. The Kier molecular flexibility index (Phi) is 5.37. The molecule has 0 spiro atoms. The second-order valence-electron chi connectivity index (χ2n) is 6.70. The Labute approximate surface area is 169 Å². The number of carbonyl (C=O) groups excluding carboxylic acids is 1. The van der Waals surface area contributed by atoms with Crippen molar-refractivity contribution in [2.45, 2.75) is 13.8 Å². The summed E-state index contributed by atoms with van der Waals surface area (Å²) < 4.78 is 7.19. The van der Waals surface area contributed by atoms with Crippen molar-refractivity contribution in [3.63, 3.8) is 0 Å². The zero-order chi connectivity index (χ0) is 20.2. The van der Waals surface area contributed by atoms with Crippen LogP contribution in [0.15, 0.2) is 43.1 Å². The van der Waals surface area contributed by atoms with Crippen LogP contribution in [0.3, 0.4) is 0 Å². The summed E-state index contributed by atoms with van der Waals surface area (Å²) in [6, 6.07) is 5.44. The first-order chi connectivity index (χ1) is 14.1. The van der Waals surface area contributed by atoms with Gasteiger partial charge in [-0.1, -0.05) is 0 Å². The van der Waals surface area contributed by atoms with Gasteiger partial charge in [0.25, 0.3) is 5.91 Å². The summed E-state index contributed by atoms with van der Waals surface area (Å²) in [7, 11) is 0. The smallest absolute Gasteiger partial charge is 0.255 e. The SMILES string of the molecule is CCOc1ccc(C(=O)N2CCN(c3cc(-n4ccnc4)nc(C)n3)CC2)cn1. The number of pyridine rings is 1. The van der Waals surface area contributed by atoms with Crippen molar-refractivity contribution < 1.29 is 9.53 Å². The molecule has 0 radical (unpaired) electrons. The zero-order valence-corrected chi connectivity index (χ0v) is 16.5. The molecule has 0 unspecified atom stereocenters. The molecule has 1 saturated heterocycles. The van der Waals surface area contributed by atoms with Gasteiger partial charge in [0.15, 0.2) is 0 Å². The molecule has 0 atom stereocenters. The zero-order valence-electron chi connectivity index (χ0n) is 16.5. The summed E-state index contributed by atoms with van der Waals surface area (Å²) in [5, 5.41) is 0. The van der Waals surface area contributed by atoms with Crippen LogP contribution in [0.4, 0.5) is 5.82 Å². The van der Waals surface area contributed by atoms with E-state index in [1.165, 1.54) is 0 Å². The third-order valence-electron chi connectivity index (χ3n) is 4.75. The highest BCUT2D eigenvalue weighted by Gasteiger charge is 2.23. The van der Waals surface area contributed by atoms with Crippen molar-refractivity contribution in [1.29, 1.82) is 0 Å². The van der Waals surface area contributed by atoms with Crippen LogP contribution in [0.25, 0.3) is 5.82 Å². The minimum absolute atomic E-state index is 0.0156. The fraction of sp³-hybridized carbons (Fsp3) is 0.350. The van der Waals surface area contributed by atoms with Gasteiger partial charge in [-0.25, -0.2) is 19.9 Å². The van der Waals surface area contributed by atoms with Gasteiger partial charge in [-0.05, 0) is 19.9 Å². The largest absolute Gasteiger partial charge is 0.478 e. The molecule has 1 aliphatic heterocycles. The minimum Gasteiger partial charge on any atom is -0.478 e. The summed E-state index contributed by atoms with van der Waals surface area (Å²) in [5.41, 5.74) is 0.571. The fourth-order valence-corrected chi connectivity index (χ4v) is 3.29. The number of hydrogen-bond acceptors (Lipinski definition) is 7.